The third-order valence-corrected chi connectivity index (χ3v) is 4.10. The van der Waals surface area contributed by atoms with E-state index in [9.17, 15) is 4.79 Å². The smallest absolute Gasteiger partial charge is 0.325 e. The number of carbonyl (C=O) groups is 1. The number of esters is 1. The quantitative estimate of drug-likeness (QED) is 0.754. The molecule has 0 aromatic heterocycles. The van der Waals surface area contributed by atoms with Gasteiger partial charge in [0.05, 0.1) is 19.3 Å². The average molecular weight is 271 g/mol. The fourth-order valence-electron chi connectivity index (χ4n) is 3.03. The van der Waals surface area contributed by atoms with E-state index in [1.807, 2.05) is 6.92 Å². The van der Waals surface area contributed by atoms with Crippen LogP contribution in [0, 0.1) is 5.92 Å². The van der Waals surface area contributed by atoms with Gasteiger partial charge in [0.15, 0.2) is 0 Å². The van der Waals surface area contributed by atoms with E-state index >= 15 is 0 Å². The lowest BCUT2D eigenvalue weighted by molar-refractivity contribution is -0.148. The first-order chi connectivity index (χ1) is 8.89. The molecule has 2 N–H and O–H groups in total. The number of hydrogen-bond donors (Lipinski definition) is 1. The number of ether oxygens (including phenoxy) is 2. The molecule has 0 spiro atoms. The van der Waals surface area contributed by atoms with Crippen molar-refractivity contribution in [1.29, 1.82) is 0 Å². The highest BCUT2D eigenvalue weighted by atomic mass is 16.5. The second-order valence-electron chi connectivity index (χ2n) is 6.12. The molecule has 4 nitrogen and oxygen atoms in total. The number of hydrogen-bond acceptors (Lipinski definition) is 4. The van der Waals surface area contributed by atoms with E-state index in [0.29, 0.717) is 12.5 Å². The highest BCUT2D eigenvalue weighted by molar-refractivity contribution is 5.79. The molecule has 4 unspecified atom stereocenters. The molecule has 112 valence electrons. The van der Waals surface area contributed by atoms with E-state index < -0.39 is 5.54 Å². The fourth-order valence-corrected chi connectivity index (χ4v) is 3.03. The third-order valence-electron chi connectivity index (χ3n) is 4.10. The summed E-state index contributed by atoms with van der Waals surface area (Å²) in [4.78, 5) is 11.6. The van der Waals surface area contributed by atoms with Crippen molar-refractivity contribution in [3.05, 3.63) is 0 Å². The van der Waals surface area contributed by atoms with Crippen molar-refractivity contribution in [2.75, 3.05) is 7.11 Å². The van der Waals surface area contributed by atoms with E-state index in [4.69, 9.17) is 15.2 Å². The second-order valence-corrected chi connectivity index (χ2v) is 6.12. The van der Waals surface area contributed by atoms with Gasteiger partial charge < -0.3 is 15.2 Å². The summed E-state index contributed by atoms with van der Waals surface area (Å²) < 4.78 is 10.8. The van der Waals surface area contributed by atoms with Crippen LogP contribution in [-0.2, 0) is 14.3 Å². The molecule has 1 fully saturated rings. The standard InChI is InChI=1S/C15H29NO3/c1-5-12-7-6-8-13(9-12)19-11(2)10-15(3,16)14(17)18-4/h11-13H,5-10,16H2,1-4H3. The average Bonchev–Trinajstić information content (AvgIpc) is 2.37. The van der Waals surface area contributed by atoms with E-state index in [-0.39, 0.29) is 12.1 Å². The molecule has 0 aromatic rings. The first-order valence-electron chi connectivity index (χ1n) is 7.41. The van der Waals surface area contributed by atoms with Crippen molar-refractivity contribution in [2.45, 2.75) is 77.0 Å². The van der Waals surface area contributed by atoms with Crippen LogP contribution in [0.15, 0.2) is 0 Å². The Morgan fingerprint density at radius 1 is 1.47 bits per heavy atom. The Labute approximate surface area is 117 Å². The summed E-state index contributed by atoms with van der Waals surface area (Å²) >= 11 is 0. The maximum absolute atomic E-state index is 11.6. The van der Waals surface area contributed by atoms with Crippen LogP contribution in [0.2, 0.25) is 0 Å². The summed E-state index contributed by atoms with van der Waals surface area (Å²) in [6, 6.07) is 0. The first-order valence-corrected chi connectivity index (χ1v) is 7.41. The largest absolute Gasteiger partial charge is 0.468 e. The predicted octanol–water partition coefficient (Wildman–Crippen LogP) is 2.64. The molecule has 1 aliphatic carbocycles. The molecule has 1 saturated carbocycles. The van der Waals surface area contributed by atoms with Crippen LogP contribution in [0.3, 0.4) is 0 Å². The SMILES string of the molecule is CCC1CCCC(OC(C)CC(C)(N)C(=O)OC)C1. The van der Waals surface area contributed by atoms with Gasteiger partial charge in [-0.2, -0.15) is 0 Å². The van der Waals surface area contributed by atoms with Crippen molar-refractivity contribution >= 4 is 5.97 Å². The van der Waals surface area contributed by atoms with Gasteiger partial charge in [-0.15, -0.1) is 0 Å². The minimum atomic E-state index is -0.965. The molecule has 0 aromatic carbocycles. The van der Waals surface area contributed by atoms with E-state index in [2.05, 4.69) is 6.92 Å². The topological polar surface area (TPSA) is 61.5 Å². The van der Waals surface area contributed by atoms with Crippen LogP contribution < -0.4 is 5.73 Å². The molecule has 0 saturated heterocycles. The number of nitrogens with two attached hydrogens (primary N) is 1. The zero-order valence-corrected chi connectivity index (χ0v) is 12.8. The Hall–Kier alpha value is -0.610. The van der Waals surface area contributed by atoms with Gasteiger partial charge in [-0.1, -0.05) is 26.2 Å². The normalized spacial score (nSPS) is 28.5. The van der Waals surface area contributed by atoms with Crippen LogP contribution in [0.5, 0.6) is 0 Å². The van der Waals surface area contributed by atoms with Crippen LogP contribution in [-0.4, -0.2) is 30.8 Å². The summed E-state index contributed by atoms with van der Waals surface area (Å²) in [5, 5.41) is 0. The van der Waals surface area contributed by atoms with Crippen LogP contribution >= 0.6 is 0 Å². The zero-order valence-electron chi connectivity index (χ0n) is 12.8. The summed E-state index contributed by atoms with van der Waals surface area (Å²) in [7, 11) is 1.37. The van der Waals surface area contributed by atoms with Crippen LogP contribution in [0.25, 0.3) is 0 Å². The van der Waals surface area contributed by atoms with Gasteiger partial charge in [0, 0.05) is 6.42 Å². The van der Waals surface area contributed by atoms with Crippen molar-refractivity contribution in [1.82, 2.24) is 0 Å². The highest BCUT2D eigenvalue weighted by Gasteiger charge is 2.33. The summed E-state index contributed by atoms with van der Waals surface area (Å²) in [5.74, 6) is 0.411. The molecule has 4 atom stereocenters. The second kappa shape index (κ2) is 7.25. The monoisotopic (exact) mass is 271 g/mol. The summed E-state index contributed by atoms with van der Waals surface area (Å²) in [6.45, 7) is 5.93. The Kier molecular flexibility index (Phi) is 6.27. The molecule has 0 heterocycles. The molecule has 19 heavy (non-hydrogen) atoms. The Morgan fingerprint density at radius 3 is 2.74 bits per heavy atom. The number of rotatable bonds is 6. The molecule has 0 aliphatic heterocycles. The Bertz CT molecular complexity index is 291. The lowest BCUT2D eigenvalue weighted by Crippen LogP contribution is -2.48. The van der Waals surface area contributed by atoms with Gasteiger partial charge in [0.25, 0.3) is 0 Å². The van der Waals surface area contributed by atoms with Gasteiger partial charge in [-0.3, -0.25) is 4.79 Å². The van der Waals surface area contributed by atoms with Crippen LogP contribution in [0.4, 0.5) is 0 Å². The van der Waals surface area contributed by atoms with Crippen molar-refractivity contribution in [2.24, 2.45) is 11.7 Å². The minimum Gasteiger partial charge on any atom is -0.468 e. The van der Waals surface area contributed by atoms with Gasteiger partial charge in [-0.25, -0.2) is 0 Å². The number of methoxy groups -OCH3 is 1. The lowest BCUT2D eigenvalue weighted by Gasteiger charge is -2.32. The van der Waals surface area contributed by atoms with E-state index in [0.717, 1.165) is 18.8 Å². The molecule has 4 heteroatoms. The van der Waals surface area contributed by atoms with E-state index in [1.165, 1.54) is 26.4 Å². The van der Waals surface area contributed by atoms with Crippen molar-refractivity contribution in [3.8, 4) is 0 Å². The van der Waals surface area contributed by atoms with Crippen LogP contribution in [0.1, 0.15) is 59.3 Å². The Balaban J connectivity index is 2.42. The highest BCUT2D eigenvalue weighted by Crippen LogP contribution is 2.29. The van der Waals surface area contributed by atoms with E-state index in [1.54, 1.807) is 6.92 Å². The molecular weight excluding hydrogens is 242 g/mol. The zero-order chi connectivity index (χ0) is 14.5. The van der Waals surface area contributed by atoms with Crippen molar-refractivity contribution < 1.29 is 14.3 Å². The molecule has 0 amide bonds. The molecular formula is C15H29NO3. The van der Waals surface area contributed by atoms with Gasteiger partial charge in [0.2, 0.25) is 0 Å². The number of carbonyl (C=O) groups excluding carboxylic acids is 1. The molecule has 0 bridgehead atoms. The molecule has 1 rings (SSSR count). The summed E-state index contributed by atoms with van der Waals surface area (Å²) in [6.07, 6.45) is 6.85. The van der Waals surface area contributed by atoms with Gasteiger partial charge in [-0.05, 0) is 32.6 Å². The van der Waals surface area contributed by atoms with Gasteiger partial charge in [0.1, 0.15) is 5.54 Å². The maximum atomic E-state index is 11.6. The predicted molar refractivity (Wildman–Crippen MR) is 75.8 cm³/mol. The van der Waals surface area contributed by atoms with Crippen molar-refractivity contribution in [3.63, 3.8) is 0 Å². The molecule has 1 aliphatic rings. The molecule has 0 radical (unpaired) electrons. The maximum Gasteiger partial charge on any atom is 0.325 e. The fraction of sp³-hybridized carbons (Fsp3) is 0.933. The Morgan fingerprint density at radius 2 is 2.16 bits per heavy atom. The third kappa shape index (κ3) is 5.11. The summed E-state index contributed by atoms with van der Waals surface area (Å²) in [5.41, 5.74) is 5.01. The first kappa shape index (κ1) is 16.4. The van der Waals surface area contributed by atoms with Gasteiger partial charge >= 0.3 is 5.97 Å². The minimum absolute atomic E-state index is 0.0188. The lowest BCUT2D eigenvalue weighted by atomic mass is 9.85.